The summed E-state index contributed by atoms with van der Waals surface area (Å²) in [4.78, 5) is 40.2. The SMILES string of the molecule is O=C(NC1=CCCC2=C1CN(Cc1cccc(-n3ccccc3=O)c1)C2=O)c1ccc(Cl)s1. The van der Waals surface area contributed by atoms with Crippen molar-refractivity contribution < 1.29 is 9.59 Å². The Morgan fingerprint density at radius 3 is 2.73 bits per heavy atom. The minimum Gasteiger partial charge on any atom is -0.330 e. The van der Waals surface area contributed by atoms with Crippen molar-refractivity contribution in [3.63, 3.8) is 0 Å². The van der Waals surface area contributed by atoms with E-state index in [0.717, 1.165) is 22.4 Å². The molecule has 3 aromatic rings. The zero-order chi connectivity index (χ0) is 22.9. The summed E-state index contributed by atoms with van der Waals surface area (Å²) in [6.45, 7) is 0.851. The molecule has 0 saturated heterocycles. The van der Waals surface area contributed by atoms with Gasteiger partial charge in [-0.3, -0.25) is 19.0 Å². The van der Waals surface area contributed by atoms with Crippen molar-refractivity contribution >= 4 is 34.8 Å². The first kappa shape index (κ1) is 21.4. The van der Waals surface area contributed by atoms with Gasteiger partial charge in [0.05, 0.1) is 9.21 Å². The highest BCUT2D eigenvalue weighted by atomic mass is 35.5. The van der Waals surface area contributed by atoms with Crippen molar-refractivity contribution in [2.45, 2.75) is 19.4 Å². The average molecular weight is 478 g/mol. The lowest BCUT2D eigenvalue weighted by atomic mass is 9.97. The number of carbonyl (C=O) groups is 2. The minimum atomic E-state index is -0.223. The Balaban J connectivity index is 1.33. The molecule has 2 aromatic heterocycles. The summed E-state index contributed by atoms with van der Waals surface area (Å²) in [6, 6.07) is 16.0. The van der Waals surface area contributed by atoms with E-state index in [4.69, 9.17) is 11.6 Å². The lowest BCUT2D eigenvalue weighted by Gasteiger charge is -2.18. The van der Waals surface area contributed by atoms with Crippen LogP contribution in [0.4, 0.5) is 0 Å². The van der Waals surface area contributed by atoms with E-state index in [-0.39, 0.29) is 17.4 Å². The highest BCUT2D eigenvalue weighted by Gasteiger charge is 2.33. The second kappa shape index (κ2) is 8.84. The van der Waals surface area contributed by atoms with Crippen molar-refractivity contribution in [1.82, 2.24) is 14.8 Å². The highest BCUT2D eigenvalue weighted by molar-refractivity contribution is 7.18. The standard InChI is InChI=1S/C25H20ClN3O3S/c26-22-11-10-21(33-22)24(31)27-20-8-4-7-18-19(20)15-28(25(18)32)14-16-5-3-6-17(13-16)29-12-2-1-9-23(29)30/h1-3,5-6,8-13H,4,7,14-15H2,(H,27,31). The molecule has 166 valence electrons. The average Bonchev–Trinajstić information content (AvgIpc) is 3.39. The molecule has 0 bridgehead atoms. The summed E-state index contributed by atoms with van der Waals surface area (Å²) in [7, 11) is 0. The Morgan fingerprint density at radius 2 is 1.94 bits per heavy atom. The molecule has 6 nitrogen and oxygen atoms in total. The van der Waals surface area contributed by atoms with Gasteiger partial charge in [0.2, 0.25) is 0 Å². The first-order valence-corrected chi connectivity index (χ1v) is 11.7. The Labute approximate surface area is 199 Å². The molecular formula is C25H20ClN3O3S. The molecule has 1 aromatic carbocycles. The molecule has 3 heterocycles. The van der Waals surface area contributed by atoms with Crippen LogP contribution in [0.2, 0.25) is 4.34 Å². The van der Waals surface area contributed by atoms with Crippen molar-refractivity contribution in [1.29, 1.82) is 0 Å². The third-order valence-electron chi connectivity index (χ3n) is 5.76. The van der Waals surface area contributed by atoms with Crippen LogP contribution in [-0.4, -0.2) is 27.8 Å². The van der Waals surface area contributed by atoms with Crippen molar-refractivity contribution in [3.05, 3.63) is 109 Å². The number of halogens is 1. The normalized spacial score (nSPS) is 15.5. The molecule has 0 fully saturated rings. The Bertz CT molecular complexity index is 1390. The third kappa shape index (κ3) is 4.29. The lowest BCUT2D eigenvalue weighted by Crippen LogP contribution is -2.28. The fourth-order valence-corrected chi connectivity index (χ4v) is 5.15. The minimum absolute atomic E-state index is 0.00806. The summed E-state index contributed by atoms with van der Waals surface area (Å²) in [5.74, 6) is -0.231. The van der Waals surface area contributed by atoms with E-state index >= 15 is 0 Å². The topological polar surface area (TPSA) is 71.4 Å². The number of nitrogens with zero attached hydrogens (tertiary/aromatic N) is 2. The van der Waals surface area contributed by atoms with E-state index in [0.29, 0.717) is 40.8 Å². The van der Waals surface area contributed by atoms with Gasteiger partial charge < -0.3 is 10.2 Å². The van der Waals surface area contributed by atoms with Crippen molar-refractivity contribution in [2.24, 2.45) is 0 Å². The largest absolute Gasteiger partial charge is 0.330 e. The number of allylic oxidation sites excluding steroid dienone is 1. The van der Waals surface area contributed by atoms with Gasteiger partial charge >= 0.3 is 0 Å². The molecule has 2 amide bonds. The third-order valence-corrected chi connectivity index (χ3v) is 6.99. The summed E-state index contributed by atoms with van der Waals surface area (Å²) in [5, 5.41) is 2.96. The Kier molecular flexibility index (Phi) is 5.74. The number of amides is 2. The smallest absolute Gasteiger partial charge is 0.265 e. The van der Waals surface area contributed by atoms with E-state index in [1.54, 1.807) is 33.9 Å². The monoisotopic (exact) mass is 477 g/mol. The van der Waals surface area contributed by atoms with Gasteiger partial charge in [-0.25, -0.2) is 0 Å². The van der Waals surface area contributed by atoms with Gasteiger partial charge in [0.15, 0.2) is 0 Å². The summed E-state index contributed by atoms with van der Waals surface area (Å²) < 4.78 is 2.13. The van der Waals surface area contributed by atoms with Gasteiger partial charge in [-0.05, 0) is 48.7 Å². The van der Waals surface area contributed by atoms with Gasteiger partial charge in [0.1, 0.15) is 0 Å². The molecular weight excluding hydrogens is 458 g/mol. The van der Waals surface area contributed by atoms with Crippen LogP contribution >= 0.6 is 22.9 Å². The molecule has 1 aliphatic carbocycles. The molecule has 1 aliphatic heterocycles. The van der Waals surface area contributed by atoms with E-state index < -0.39 is 0 Å². The quantitative estimate of drug-likeness (QED) is 0.595. The number of nitrogens with one attached hydrogen (secondary N) is 1. The molecule has 8 heteroatoms. The lowest BCUT2D eigenvalue weighted by molar-refractivity contribution is -0.126. The van der Waals surface area contributed by atoms with Crippen LogP contribution in [0.25, 0.3) is 5.69 Å². The molecule has 1 N–H and O–H groups in total. The number of hydrogen-bond acceptors (Lipinski definition) is 4. The first-order chi connectivity index (χ1) is 16.0. The first-order valence-electron chi connectivity index (χ1n) is 10.5. The molecule has 0 spiro atoms. The predicted octanol–water partition coefficient (Wildman–Crippen LogP) is 4.30. The predicted molar refractivity (Wildman–Crippen MR) is 129 cm³/mol. The second-order valence-electron chi connectivity index (χ2n) is 7.91. The van der Waals surface area contributed by atoms with E-state index in [2.05, 4.69) is 5.32 Å². The van der Waals surface area contributed by atoms with Gasteiger partial charge in [0.25, 0.3) is 17.4 Å². The fraction of sp³-hybridized carbons (Fsp3) is 0.160. The Hall–Kier alpha value is -3.42. The van der Waals surface area contributed by atoms with Crippen LogP contribution in [0.5, 0.6) is 0 Å². The fourth-order valence-electron chi connectivity index (χ4n) is 4.21. The second-order valence-corrected chi connectivity index (χ2v) is 9.63. The van der Waals surface area contributed by atoms with E-state index in [9.17, 15) is 14.4 Å². The van der Waals surface area contributed by atoms with Crippen LogP contribution in [0.15, 0.2) is 88.5 Å². The van der Waals surface area contributed by atoms with Gasteiger partial charge in [-0.1, -0.05) is 35.9 Å². The van der Waals surface area contributed by atoms with Gasteiger partial charge in [-0.15, -0.1) is 11.3 Å². The number of carbonyl (C=O) groups excluding carboxylic acids is 2. The maximum atomic E-state index is 13.1. The van der Waals surface area contributed by atoms with Crippen LogP contribution in [0.3, 0.4) is 0 Å². The highest BCUT2D eigenvalue weighted by Crippen LogP contribution is 2.33. The molecule has 5 rings (SSSR count). The molecule has 0 atom stereocenters. The van der Waals surface area contributed by atoms with E-state index in [1.807, 2.05) is 36.4 Å². The van der Waals surface area contributed by atoms with Crippen molar-refractivity contribution in [3.8, 4) is 5.69 Å². The van der Waals surface area contributed by atoms with Crippen LogP contribution < -0.4 is 10.9 Å². The molecule has 0 unspecified atom stereocenters. The molecule has 33 heavy (non-hydrogen) atoms. The maximum absolute atomic E-state index is 13.1. The molecule has 2 aliphatic rings. The number of hydrogen-bond donors (Lipinski definition) is 1. The van der Waals surface area contributed by atoms with Crippen LogP contribution in [0, 0.1) is 0 Å². The van der Waals surface area contributed by atoms with Crippen LogP contribution in [0.1, 0.15) is 28.1 Å². The van der Waals surface area contributed by atoms with E-state index in [1.165, 1.54) is 17.4 Å². The Morgan fingerprint density at radius 1 is 1.06 bits per heavy atom. The number of thiophene rings is 1. The zero-order valence-corrected chi connectivity index (χ0v) is 19.2. The zero-order valence-electron chi connectivity index (χ0n) is 17.6. The summed E-state index contributed by atoms with van der Waals surface area (Å²) >= 11 is 7.18. The summed E-state index contributed by atoms with van der Waals surface area (Å²) in [5.41, 5.74) is 3.90. The number of benzene rings is 1. The number of aromatic nitrogens is 1. The molecule has 0 radical (unpaired) electrons. The van der Waals surface area contributed by atoms with Crippen LogP contribution in [-0.2, 0) is 11.3 Å². The van der Waals surface area contributed by atoms with Crippen molar-refractivity contribution in [2.75, 3.05) is 6.54 Å². The van der Waals surface area contributed by atoms with Gasteiger partial charge in [-0.2, -0.15) is 0 Å². The maximum Gasteiger partial charge on any atom is 0.265 e. The molecule has 0 saturated carbocycles. The van der Waals surface area contributed by atoms with Gasteiger partial charge in [0, 0.05) is 47.9 Å². The number of rotatable bonds is 5. The number of pyridine rings is 1. The summed E-state index contributed by atoms with van der Waals surface area (Å²) in [6.07, 6.45) is 5.06.